The third kappa shape index (κ3) is 3.55. The Morgan fingerprint density at radius 3 is 2.70 bits per heavy atom. The molecule has 2 atom stereocenters. The number of piperidine rings is 1. The third-order valence-electron chi connectivity index (χ3n) is 4.60. The van der Waals surface area contributed by atoms with Crippen molar-refractivity contribution >= 4 is 11.6 Å². The van der Waals surface area contributed by atoms with Crippen LogP contribution in [0.3, 0.4) is 0 Å². The summed E-state index contributed by atoms with van der Waals surface area (Å²) in [5, 5.41) is 9.20. The number of carbonyl (C=O) groups is 1. The highest BCUT2D eigenvalue weighted by molar-refractivity contribution is 5.70. The number of aliphatic carboxylic acids is 1. The number of imidazole rings is 1. The predicted octanol–water partition coefficient (Wildman–Crippen LogP) is 2.75. The van der Waals surface area contributed by atoms with E-state index in [1.807, 2.05) is 25.3 Å². The van der Waals surface area contributed by atoms with Gasteiger partial charge in [0.05, 0.1) is 17.8 Å². The lowest BCUT2D eigenvalue weighted by molar-refractivity contribution is -0.136. The monoisotopic (exact) mass is 315 g/mol. The van der Waals surface area contributed by atoms with E-state index in [0.717, 1.165) is 36.5 Å². The van der Waals surface area contributed by atoms with Gasteiger partial charge in [-0.2, -0.15) is 0 Å². The molecule has 23 heavy (non-hydrogen) atoms. The van der Waals surface area contributed by atoms with Crippen LogP contribution in [0, 0.1) is 18.8 Å². The summed E-state index contributed by atoms with van der Waals surface area (Å²) in [6.07, 6.45) is 3.26. The average molecular weight is 315 g/mol. The fraction of sp³-hybridized carbons (Fsp3) is 0.556. The molecule has 1 saturated heterocycles. The Labute approximate surface area is 136 Å². The van der Waals surface area contributed by atoms with Gasteiger partial charge >= 0.3 is 5.97 Å². The fourth-order valence-electron chi connectivity index (χ4n) is 3.83. The van der Waals surface area contributed by atoms with Crippen LogP contribution in [0.25, 0.3) is 5.65 Å². The standard InChI is InChI=1S/C18H25N3O2/c1-12-4-5-21-16(11-20-9-13(2)6-14(3)10-20)15(8-18(22)23)19-17(21)7-12/h4-5,7,13-14H,6,8-11H2,1-3H3,(H,22,23). The maximum atomic E-state index is 11.2. The lowest BCUT2D eigenvalue weighted by Crippen LogP contribution is -2.38. The number of fused-ring (bicyclic) bond motifs is 1. The van der Waals surface area contributed by atoms with E-state index in [-0.39, 0.29) is 6.42 Å². The zero-order valence-electron chi connectivity index (χ0n) is 14.1. The van der Waals surface area contributed by atoms with E-state index in [9.17, 15) is 9.90 Å². The van der Waals surface area contributed by atoms with E-state index >= 15 is 0 Å². The predicted molar refractivity (Wildman–Crippen MR) is 89.5 cm³/mol. The van der Waals surface area contributed by atoms with E-state index < -0.39 is 5.97 Å². The number of carboxylic acid groups (broad SMARTS) is 1. The number of hydrogen-bond donors (Lipinski definition) is 1. The number of likely N-dealkylation sites (tertiary alicyclic amines) is 1. The Morgan fingerprint density at radius 2 is 2.04 bits per heavy atom. The SMILES string of the molecule is Cc1ccn2c(CN3CC(C)CC(C)C3)c(CC(=O)O)nc2c1. The van der Waals surface area contributed by atoms with Crippen LogP contribution in [0.2, 0.25) is 0 Å². The molecule has 0 aromatic carbocycles. The molecule has 0 aliphatic carbocycles. The maximum Gasteiger partial charge on any atom is 0.309 e. The minimum Gasteiger partial charge on any atom is -0.481 e. The number of nitrogens with zero attached hydrogens (tertiary/aromatic N) is 3. The summed E-state index contributed by atoms with van der Waals surface area (Å²) in [6, 6.07) is 4.06. The molecule has 1 aliphatic heterocycles. The molecule has 1 N–H and O–H groups in total. The number of pyridine rings is 1. The number of aryl methyl sites for hydroxylation is 1. The topological polar surface area (TPSA) is 57.8 Å². The molecule has 0 saturated carbocycles. The van der Waals surface area contributed by atoms with Crippen molar-refractivity contribution in [2.45, 2.75) is 40.2 Å². The van der Waals surface area contributed by atoms with Crippen molar-refractivity contribution in [2.75, 3.05) is 13.1 Å². The van der Waals surface area contributed by atoms with Crippen LogP contribution in [0.5, 0.6) is 0 Å². The second kappa shape index (κ2) is 6.32. The van der Waals surface area contributed by atoms with Crippen molar-refractivity contribution in [1.29, 1.82) is 0 Å². The molecule has 0 radical (unpaired) electrons. The molecule has 0 spiro atoms. The van der Waals surface area contributed by atoms with Crippen LogP contribution >= 0.6 is 0 Å². The largest absolute Gasteiger partial charge is 0.481 e. The smallest absolute Gasteiger partial charge is 0.309 e. The summed E-state index contributed by atoms with van der Waals surface area (Å²) in [7, 11) is 0. The normalized spacial score (nSPS) is 22.6. The van der Waals surface area contributed by atoms with Crippen molar-refractivity contribution in [1.82, 2.24) is 14.3 Å². The van der Waals surface area contributed by atoms with Crippen LogP contribution in [-0.2, 0) is 17.8 Å². The van der Waals surface area contributed by atoms with Gasteiger partial charge in [0.2, 0.25) is 0 Å². The summed E-state index contributed by atoms with van der Waals surface area (Å²) >= 11 is 0. The van der Waals surface area contributed by atoms with Crippen molar-refractivity contribution < 1.29 is 9.90 Å². The van der Waals surface area contributed by atoms with Gasteiger partial charge in [-0.3, -0.25) is 9.69 Å². The molecule has 0 bridgehead atoms. The molecular formula is C18H25N3O2. The fourth-order valence-corrected chi connectivity index (χ4v) is 3.83. The van der Waals surface area contributed by atoms with E-state index in [0.29, 0.717) is 17.5 Å². The first-order chi connectivity index (χ1) is 10.9. The Kier molecular flexibility index (Phi) is 4.39. The molecule has 2 aromatic rings. The molecule has 5 nitrogen and oxygen atoms in total. The van der Waals surface area contributed by atoms with E-state index in [1.54, 1.807) is 0 Å². The zero-order valence-corrected chi connectivity index (χ0v) is 14.1. The number of carboxylic acids is 1. The van der Waals surface area contributed by atoms with Gasteiger partial charge in [-0.15, -0.1) is 0 Å². The molecule has 3 rings (SSSR count). The first-order valence-corrected chi connectivity index (χ1v) is 8.33. The van der Waals surface area contributed by atoms with E-state index in [2.05, 4.69) is 28.1 Å². The summed E-state index contributed by atoms with van der Waals surface area (Å²) in [6.45, 7) is 9.50. The molecular weight excluding hydrogens is 290 g/mol. The van der Waals surface area contributed by atoms with Gasteiger partial charge in [0.1, 0.15) is 5.65 Å². The van der Waals surface area contributed by atoms with Gasteiger partial charge in [-0.05, 0) is 42.9 Å². The van der Waals surface area contributed by atoms with Crippen LogP contribution in [0.4, 0.5) is 0 Å². The van der Waals surface area contributed by atoms with Crippen molar-refractivity contribution in [3.8, 4) is 0 Å². The van der Waals surface area contributed by atoms with Crippen LogP contribution in [-0.4, -0.2) is 38.4 Å². The summed E-state index contributed by atoms with van der Waals surface area (Å²) < 4.78 is 2.05. The molecule has 0 amide bonds. The van der Waals surface area contributed by atoms with Crippen LogP contribution in [0.1, 0.15) is 37.2 Å². The first-order valence-electron chi connectivity index (χ1n) is 8.33. The Balaban J connectivity index is 1.95. The molecule has 1 aliphatic rings. The maximum absolute atomic E-state index is 11.2. The summed E-state index contributed by atoms with van der Waals surface area (Å²) in [5.74, 6) is 0.540. The minimum absolute atomic E-state index is 0.0188. The van der Waals surface area contributed by atoms with Crippen LogP contribution < -0.4 is 0 Å². The van der Waals surface area contributed by atoms with Gasteiger partial charge in [0.15, 0.2) is 0 Å². The highest BCUT2D eigenvalue weighted by atomic mass is 16.4. The molecule has 5 heteroatoms. The van der Waals surface area contributed by atoms with Gasteiger partial charge < -0.3 is 9.51 Å². The van der Waals surface area contributed by atoms with Gasteiger partial charge in [-0.1, -0.05) is 13.8 Å². The highest BCUT2D eigenvalue weighted by Gasteiger charge is 2.24. The zero-order chi connectivity index (χ0) is 16.6. The van der Waals surface area contributed by atoms with Gasteiger partial charge in [-0.25, -0.2) is 4.98 Å². The lowest BCUT2D eigenvalue weighted by atomic mass is 9.92. The minimum atomic E-state index is -0.827. The number of aromatic nitrogens is 2. The Bertz CT molecular complexity index is 712. The van der Waals surface area contributed by atoms with Crippen LogP contribution in [0.15, 0.2) is 18.3 Å². The molecule has 124 valence electrons. The Hall–Kier alpha value is -1.88. The van der Waals surface area contributed by atoms with E-state index in [1.165, 1.54) is 6.42 Å². The summed E-state index contributed by atoms with van der Waals surface area (Å²) in [5.41, 5.74) is 3.68. The molecule has 2 unspecified atom stereocenters. The average Bonchev–Trinajstić information content (AvgIpc) is 2.73. The van der Waals surface area contributed by atoms with Crippen molar-refractivity contribution in [3.63, 3.8) is 0 Å². The second-order valence-electron chi connectivity index (χ2n) is 7.15. The number of hydrogen-bond acceptors (Lipinski definition) is 3. The second-order valence-corrected chi connectivity index (χ2v) is 7.15. The summed E-state index contributed by atoms with van der Waals surface area (Å²) in [4.78, 5) is 18.2. The highest BCUT2D eigenvalue weighted by Crippen LogP contribution is 2.24. The molecule has 1 fully saturated rings. The third-order valence-corrected chi connectivity index (χ3v) is 4.60. The quantitative estimate of drug-likeness (QED) is 0.942. The van der Waals surface area contributed by atoms with Crippen molar-refractivity contribution in [3.05, 3.63) is 35.3 Å². The lowest BCUT2D eigenvalue weighted by Gasteiger charge is -2.34. The van der Waals surface area contributed by atoms with E-state index in [4.69, 9.17) is 0 Å². The van der Waals surface area contributed by atoms with Gasteiger partial charge in [0.25, 0.3) is 0 Å². The van der Waals surface area contributed by atoms with Crippen molar-refractivity contribution in [2.24, 2.45) is 11.8 Å². The Morgan fingerprint density at radius 1 is 1.35 bits per heavy atom. The number of rotatable bonds is 4. The first kappa shape index (κ1) is 16.0. The van der Waals surface area contributed by atoms with Gasteiger partial charge in [0, 0.05) is 25.8 Å². The molecule has 3 heterocycles. The molecule has 2 aromatic heterocycles.